The van der Waals surface area contributed by atoms with E-state index in [4.69, 9.17) is 4.74 Å². The highest BCUT2D eigenvalue weighted by molar-refractivity contribution is 5.97. The summed E-state index contributed by atoms with van der Waals surface area (Å²) in [4.78, 5) is 42.9. The van der Waals surface area contributed by atoms with Crippen LogP contribution in [0.3, 0.4) is 0 Å². The van der Waals surface area contributed by atoms with Crippen molar-refractivity contribution in [3.05, 3.63) is 71.3 Å². The quantitative estimate of drug-likeness (QED) is 0.624. The maximum Gasteiger partial charge on any atom is 0.326 e. The molecule has 0 aliphatic carbocycles. The van der Waals surface area contributed by atoms with Crippen LogP contribution < -0.4 is 10.5 Å². The molecule has 0 saturated carbocycles. The number of ether oxygens (including phenoxy) is 1. The fraction of sp³-hybridized carbons (Fsp3) is 0.200. The van der Waals surface area contributed by atoms with Crippen LogP contribution in [0.15, 0.2) is 65.7 Å². The van der Waals surface area contributed by atoms with Gasteiger partial charge in [0.05, 0.1) is 23.8 Å². The summed E-state index contributed by atoms with van der Waals surface area (Å²) >= 11 is 0. The highest BCUT2D eigenvalue weighted by Crippen LogP contribution is 2.14. The molecule has 0 spiro atoms. The van der Waals surface area contributed by atoms with Crippen LogP contribution in [0.4, 0.5) is 5.69 Å². The Morgan fingerprint density at radius 3 is 2.52 bits per heavy atom. The summed E-state index contributed by atoms with van der Waals surface area (Å²) in [6, 6.07) is 15.7. The van der Waals surface area contributed by atoms with Crippen LogP contribution in [0, 0.1) is 0 Å². The number of rotatable bonds is 6. The highest BCUT2D eigenvalue weighted by Gasteiger charge is 2.21. The molecule has 3 aromatic rings. The Balaban J connectivity index is 1.89. The third-order valence-corrected chi connectivity index (χ3v) is 4.00. The molecular formula is C20H19N3O4. The molecule has 7 nitrogen and oxygen atoms in total. The average molecular weight is 365 g/mol. The lowest BCUT2D eigenvalue weighted by Crippen LogP contribution is -2.40. The fourth-order valence-electron chi connectivity index (χ4n) is 2.72. The lowest BCUT2D eigenvalue weighted by Gasteiger charge is -2.22. The first-order chi connectivity index (χ1) is 13.1. The van der Waals surface area contributed by atoms with E-state index in [1.807, 2.05) is 6.07 Å². The molecular weight excluding hydrogens is 346 g/mol. The predicted molar refractivity (Wildman–Crippen MR) is 101 cm³/mol. The van der Waals surface area contributed by atoms with Gasteiger partial charge in [-0.05, 0) is 31.2 Å². The summed E-state index contributed by atoms with van der Waals surface area (Å²) in [7, 11) is 0. The van der Waals surface area contributed by atoms with Crippen LogP contribution in [0.5, 0.6) is 0 Å². The van der Waals surface area contributed by atoms with Gasteiger partial charge in [0.25, 0.3) is 5.56 Å². The zero-order chi connectivity index (χ0) is 19.2. The fourth-order valence-corrected chi connectivity index (χ4v) is 2.72. The topological polar surface area (TPSA) is 81.5 Å². The van der Waals surface area contributed by atoms with Gasteiger partial charge in [-0.2, -0.15) is 0 Å². The Morgan fingerprint density at radius 2 is 1.78 bits per heavy atom. The van der Waals surface area contributed by atoms with E-state index in [2.05, 4.69) is 4.98 Å². The Bertz CT molecular complexity index is 1010. The number of benzene rings is 2. The maximum atomic E-state index is 12.9. The molecule has 2 aromatic carbocycles. The van der Waals surface area contributed by atoms with Crippen LogP contribution in [-0.4, -0.2) is 34.6 Å². The van der Waals surface area contributed by atoms with E-state index in [9.17, 15) is 14.4 Å². The number of esters is 1. The predicted octanol–water partition coefficient (Wildman–Crippen LogP) is 1.99. The summed E-state index contributed by atoms with van der Waals surface area (Å²) in [6.45, 7) is 1.47. The number of carbonyl (C=O) groups excluding carboxylic acids is 2. The Morgan fingerprint density at radius 1 is 1.07 bits per heavy atom. The minimum atomic E-state index is -0.515. The van der Waals surface area contributed by atoms with Crippen molar-refractivity contribution < 1.29 is 14.3 Å². The van der Waals surface area contributed by atoms with E-state index in [1.54, 1.807) is 55.5 Å². The second-order valence-corrected chi connectivity index (χ2v) is 5.82. The molecule has 0 atom stereocenters. The van der Waals surface area contributed by atoms with Crippen LogP contribution in [0.1, 0.15) is 6.92 Å². The van der Waals surface area contributed by atoms with Gasteiger partial charge in [0.1, 0.15) is 13.1 Å². The molecule has 1 heterocycles. The van der Waals surface area contributed by atoms with E-state index >= 15 is 0 Å². The average Bonchev–Trinajstić information content (AvgIpc) is 2.69. The van der Waals surface area contributed by atoms with Crippen molar-refractivity contribution in [3.8, 4) is 0 Å². The Kier molecular flexibility index (Phi) is 5.61. The molecule has 138 valence electrons. The summed E-state index contributed by atoms with van der Waals surface area (Å²) < 4.78 is 6.20. The van der Waals surface area contributed by atoms with Crippen LogP contribution >= 0.6 is 0 Å². The number of aromatic nitrogens is 2. The lowest BCUT2D eigenvalue weighted by atomic mass is 10.2. The van der Waals surface area contributed by atoms with Crippen LogP contribution in [0.25, 0.3) is 10.9 Å². The first-order valence-electron chi connectivity index (χ1n) is 8.55. The van der Waals surface area contributed by atoms with Crippen molar-refractivity contribution in [2.45, 2.75) is 13.5 Å². The summed E-state index contributed by atoms with van der Waals surface area (Å²) in [5.74, 6) is -0.924. The maximum absolute atomic E-state index is 12.9. The number of anilines is 1. The molecule has 0 saturated heterocycles. The molecule has 0 N–H and O–H groups in total. The normalized spacial score (nSPS) is 10.6. The van der Waals surface area contributed by atoms with Gasteiger partial charge in [-0.25, -0.2) is 4.98 Å². The van der Waals surface area contributed by atoms with Crippen molar-refractivity contribution in [2.75, 3.05) is 18.1 Å². The largest absolute Gasteiger partial charge is 0.465 e. The molecule has 7 heteroatoms. The monoisotopic (exact) mass is 365 g/mol. The molecule has 0 bridgehead atoms. The number of amides is 1. The summed E-state index contributed by atoms with van der Waals surface area (Å²) in [5, 5.41) is 0.435. The van der Waals surface area contributed by atoms with Gasteiger partial charge in [-0.15, -0.1) is 0 Å². The van der Waals surface area contributed by atoms with Gasteiger partial charge < -0.3 is 4.74 Å². The van der Waals surface area contributed by atoms with Crippen molar-refractivity contribution in [1.82, 2.24) is 9.55 Å². The zero-order valence-electron chi connectivity index (χ0n) is 14.9. The highest BCUT2D eigenvalue weighted by atomic mass is 16.5. The molecule has 0 radical (unpaired) electrons. The van der Waals surface area contributed by atoms with Crippen molar-refractivity contribution in [3.63, 3.8) is 0 Å². The number of carbonyl (C=O) groups is 2. The molecule has 0 fully saturated rings. The Labute approximate surface area is 155 Å². The zero-order valence-corrected chi connectivity index (χ0v) is 14.9. The standard InChI is InChI=1S/C20H19N3O4/c1-2-27-19(25)13-23(15-8-4-3-5-9-15)18(24)12-22-14-21-17-11-7-6-10-16(17)20(22)26/h3-11,14H,2,12-13H2,1H3. The van der Waals surface area contributed by atoms with E-state index in [0.717, 1.165) is 0 Å². The summed E-state index contributed by atoms with van der Waals surface area (Å²) in [6.07, 6.45) is 1.34. The van der Waals surface area contributed by atoms with Gasteiger partial charge in [0, 0.05) is 5.69 Å². The number of fused-ring (bicyclic) bond motifs is 1. The minimum Gasteiger partial charge on any atom is -0.465 e. The van der Waals surface area contributed by atoms with Gasteiger partial charge >= 0.3 is 5.97 Å². The minimum absolute atomic E-state index is 0.226. The van der Waals surface area contributed by atoms with E-state index in [1.165, 1.54) is 15.8 Å². The van der Waals surface area contributed by atoms with Crippen molar-refractivity contribution in [2.24, 2.45) is 0 Å². The van der Waals surface area contributed by atoms with Gasteiger partial charge in [-0.3, -0.25) is 23.9 Å². The molecule has 27 heavy (non-hydrogen) atoms. The lowest BCUT2D eigenvalue weighted by molar-refractivity contribution is -0.142. The molecule has 0 unspecified atom stereocenters. The molecule has 0 aliphatic heterocycles. The van der Waals surface area contributed by atoms with Crippen LogP contribution in [-0.2, 0) is 20.9 Å². The number of para-hydroxylation sites is 2. The second kappa shape index (κ2) is 8.27. The third-order valence-electron chi connectivity index (χ3n) is 4.00. The van der Waals surface area contributed by atoms with E-state index in [-0.39, 0.29) is 25.3 Å². The molecule has 1 amide bonds. The number of nitrogens with zero attached hydrogens (tertiary/aromatic N) is 3. The first kappa shape index (κ1) is 18.3. The molecule has 0 aliphatic rings. The smallest absolute Gasteiger partial charge is 0.326 e. The van der Waals surface area contributed by atoms with Gasteiger partial charge in [0.15, 0.2) is 0 Å². The number of hydrogen-bond acceptors (Lipinski definition) is 5. The Hall–Kier alpha value is -3.48. The van der Waals surface area contributed by atoms with Gasteiger partial charge in [-0.1, -0.05) is 30.3 Å². The van der Waals surface area contributed by atoms with E-state index in [0.29, 0.717) is 16.6 Å². The van der Waals surface area contributed by atoms with E-state index < -0.39 is 11.9 Å². The number of hydrogen-bond donors (Lipinski definition) is 0. The van der Waals surface area contributed by atoms with Crippen molar-refractivity contribution in [1.29, 1.82) is 0 Å². The van der Waals surface area contributed by atoms with Gasteiger partial charge in [0.2, 0.25) is 5.91 Å². The van der Waals surface area contributed by atoms with Crippen molar-refractivity contribution >= 4 is 28.5 Å². The SMILES string of the molecule is CCOC(=O)CN(C(=O)Cn1cnc2ccccc2c1=O)c1ccccc1. The molecule has 1 aromatic heterocycles. The second-order valence-electron chi connectivity index (χ2n) is 5.82. The van der Waals surface area contributed by atoms with Crippen LogP contribution in [0.2, 0.25) is 0 Å². The molecule has 3 rings (SSSR count). The summed E-state index contributed by atoms with van der Waals surface area (Å²) in [5.41, 5.74) is 0.813. The third kappa shape index (κ3) is 4.20. The first-order valence-corrected chi connectivity index (χ1v) is 8.55.